The van der Waals surface area contributed by atoms with Gasteiger partial charge < -0.3 is 5.11 Å². The summed E-state index contributed by atoms with van der Waals surface area (Å²) in [5, 5.41) is 10.3. The van der Waals surface area contributed by atoms with E-state index in [0.29, 0.717) is 18.3 Å². The zero-order valence-corrected chi connectivity index (χ0v) is 19.2. The molecule has 0 radical (unpaired) electrons. The molecule has 1 N–H and O–H groups in total. The maximum atomic E-state index is 12.5. The fraction of sp³-hybridized carbons (Fsp3) is 0.846. The van der Waals surface area contributed by atoms with Crippen LogP contribution in [-0.4, -0.2) is 16.9 Å². The third-order valence-electron chi connectivity index (χ3n) is 9.16. The van der Waals surface area contributed by atoms with Gasteiger partial charge in [0.25, 0.3) is 0 Å². The largest absolute Gasteiger partial charge is 0.481 e. The molecule has 3 nitrogen and oxygen atoms in total. The third-order valence-corrected chi connectivity index (χ3v) is 9.16. The first-order valence-electron chi connectivity index (χ1n) is 12.0. The summed E-state index contributed by atoms with van der Waals surface area (Å²) in [4.78, 5) is 24.3. The molecule has 0 bridgehead atoms. The van der Waals surface area contributed by atoms with E-state index in [1.165, 1.54) is 25.7 Å². The Morgan fingerprint density at radius 2 is 1.83 bits per heavy atom. The molecule has 0 aromatic carbocycles. The van der Waals surface area contributed by atoms with Crippen molar-refractivity contribution in [3.05, 3.63) is 12.2 Å². The van der Waals surface area contributed by atoms with Gasteiger partial charge in [0.05, 0.1) is 5.92 Å². The Hall–Kier alpha value is -1.12. The van der Waals surface area contributed by atoms with E-state index in [1.807, 2.05) is 6.08 Å². The molecule has 7 atom stereocenters. The Morgan fingerprint density at radius 3 is 2.41 bits per heavy atom. The van der Waals surface area contributed by atoms with Gasteiger partial charge in [-0.1, -0.05) is 60.0 Å². The van der Waals surface area contributed by atoms with E-state index >= 15 is 0 Å². The molecule has 3 heteroatoms. The molecule has 3 rings (SSSR count). The van der Waals surface area contributed by atoms with Gasteiger partial charge in [-0.2, -0.15) is 0 Å². The van der Waals surface area contributed by atoms with Crippen molar-refractivity contribution in [3.8, 4) is 0 Å². The van der Waals surface area contributed by atoms with E-state index in [4.69, 9.17) is 0 Å². The summed E-state index contributed by atoms with van der Waals surface area (Å²) in [7, 11) is 0. The number of carbonyl (C=O) groups excluding carboxylic acids is 1. The Morgan fingerprint density at radius 1 is 1.10 bits per heavy atom. The van der Waals surface area contributed by atoms with Gasteiger partial charge in [0.2, 0.25) is 0 Å². The van der Waals surface area contributed by atoms with Crippen LogP contribution < -0.4 is 0 Å². The molecule has 0 unspecified atom stereocenters. The zero-order chi connectivity index (χ0) is 21.4. The number of hydrogen-bond acceptors (Lipinski definition) is 2. The molecule has 0 saturated heterocycles. The number of allylic oxidation sites excluding steroid dienone is 2. The van der Waals surface area contributed by atoms with Crippen molar-refractivity contribution in [1.29, 1.82) is 0 Å². The van der Waals surface area contributed by atoms with Gasteiger partial charge in [0.15, 0.2) is 5.78 Å². The molecule has 3 aliphatic rings. The number of carboxylic acids is 1. The smallest absolute Gasteiger partial charge is 0.307 e. The second kappa shape index (κ2) is 8.55. The van der Waals surface area contributed by atoms with Crippen molar-refractivity contribution in [1.82, 2.24) is 0 Å². The quantitative estimate of drug-likeness (QED) is 0.527. The van der Waals surface area contributed by atoms with E-state index in [2.05, 4.69) is 34.6 Å². The average molecular weight is 403 g/mol. The summed E-state index contributed by atoms with van der Waals surface area (Å²) in [6.07, 6.45) is 13.3. The van der Waals surface area contributed by atoms with Crippen molar-refractivity contribution in [3.63, 3.8) is 0 Å². The number of aliphatic carboxylic acids is 1. The van der Waals surface area contributed by atoms with E-state index in [0.717, 1.165) is 31.6 Å². The van der Waals surface area contributed by atoms with Crippen LogP contribution in [-0.2, 0) is 9.59 Å². The molecule has 0 aromatic heterocycles. The maximum absolute atomic E-state index is 12.5. The van der Waals surface area contributed by atoms with Gasteiger partial charge in [0.1, 0.15) is 0 Å². The summed E-state index contributed by atoms with van der Waals surface area (Å²) >= 11 is 0. The van der Waals surface area contributed by atoms with Crippen molar-refractivity contribution >= 4 is 11.8 Å². The molecule has 0 heterocycles. The molecule has 29 heavy (non-hydrogen) atoms. The number of ketones is 1. The fourth-order valence-electron chi connectivity index (χ4n) is 7.40. The summed E-state index contributed by atoms with van der Waals surface area (Å²) in [6, 6.07) is 0. The first-order chi connectivity index (χ1) is 13.6. The summed E-state index contributed by atoms with van der Waals surface area (Å²) in [5.41, 5.74) is 0.000623. The molecule has 0 spiro atoms. The minimum absolute atomic E-state index is 0.150. The standard InChI is InChI=1S/C26H42O3/c1-17(2)7-6-8-18(3)20-9-10-22-23(24(28)29)21(13-16-26(20,22)5)25(4)14-11-19(27)12-15-25/h11,14,17-18,20-23H,6-10,12-13,15-16H2,1-5H3,(H,28,29)/t18-,20-,21+,22+,23+,25+,26+/m0/s1. The number of hydrogen-bond donors (Lipinski definition) is 1. The zero-order valence-electron chi connectivity index (χ0n) is 19.2. The summed E-state index contributed by atoms with van der Waals surface area (Å²) in [5.74, 6) is 1.83. The van der Waals surface area contributed by atoms with Crippen molar-refractivity contribution in [2.75, 3.05) is 0 Å². The van der Waals surface area contributed by atoms with Gasteiger partial charge in [-0.05, 0) is 78.6 Å². The molecule has 0 aromatic rings. The van der Waals surface area contributed by atoms with Gasteiger partial charge >= 0.3 is 5.97 Å². The number of carbonyl (C=O) groups is 2. The van der Waals surface area contributed by atoms with Gasteiger partial charge in [-0.25, -0.2) is 0 Å². The van der Waals surface area contributed by atoms with Crippen molar-refractivity contribution in [2.45, 2.75) is 92.4 Å². The van der Waals surface area contributed by atoms with Crippen LogP contribution in [0.2, 0.25) is 0 Å². The van der Waals surface area contributed by atoms with Crippen LogP contribution in [0.3, 0.4) is 0 Å². The lowest BCUT2D eigenvalue weighted by atomic mass is 9.51. The molecule has 0 amide bonds. The molecular formula is C26H42O3. The average Bonchev–Trinajstić information content (AvgIpc) is 3.00. The first-order valence-corrected chi connectivity index (χ1v) is 12.0. The highest BCUT2D eigenvalue weighted by atomic mass is 16.4. The molecule has 3 aliphatic carbocycles. The highest BCUT2D eigenvalue weighted by molar-refractivity contribution is 5.90. The predicted molar refractivity (Wildman–Crippen MR) is 118 cm³/mol. The second-order valence-corrected chi connectivity index (χ2v) is 11.4. The Kier molecular flexibility index (Phi) is 6.65. The molecular weight excluding hydrogens is 360 g/mol. The lowest BCUT2D eigenvalue weighted by Gasteiger charge is -2.53. The normalized spacial score (nSPS) is 40.8. The first kappa shape index (κ1) is 22.6. The van der Waals surface area contributed by atoms with Gasteiger partial charge in [-0.3, -0.25) is 9.59 Å². The van der Waals surface area contributed by atoms with Crippen LogP contribution in [0, 0.1) is 46.3 Å². The third kappa shape index (κ3) is 4.35. The molecule has 2 saturated carbocycles. The Bertz CT molecular complexity index is 650. The number of fused-ring (bicyclic) bond motifs is 1. The van der Waals surface area contributed by atoms with Gasteiger partial charge in [0, 0.05) is 6.42 Å². The SMILES string of the molecule is CC(C)CCC[C@H](C)[C@@H]1CC[C@@H]2[C@H](C(=O)O)[C@H]([C@]3(C)C=CC(=O)CC3)CC[C@@]21C. The topological polar surface area (TPSA) is 54.4 Å². The summed E-state index contributed by atoms with van der Waals surface area (Å²) in [6.45, 7) is 11.6. The van der Waals surface area contributed by atoms with E-state index in [1.54, 1.807) is 6.08 Å². The highest BCUT2D eigenvalue weighted by Crippen LogP contribution is 2.64. The van der Waals surface area contributed by atoms with Crippen LogP contribution in [0.25, 0.3) is 0 Å². The maximum Gasteiger partial charge on any atom is 0.307 e. The van der Waals surface area contributed by atoms with Crippen molar-refractivity contribution in [2.24, 2.45) is 46.3 Å². The van der Waals surface area contributed by atoms with Crippen LogP contribution >= 0.6 is 0 Å². The fourth-order valence-corrected chi connectivity index (χ4v) is 7.40. The van der Waals surface area contributed by atoms with Crippen LogP contribution in [0.5, 0.6) is 0 Å². The van der Waals surface area contributed by atoms with Crippen LogP contribution in [0.4, 0.5) is 0 Å². The van der Waals surface area contributed by atoms with E-state index < -0.39 is 5.97 Å². The predicted octanol–water partition coefficient (Wildman–Crippen LogP) is 6.52. The van der Waals surface area contributed by atoms with Crippen LogP contribution in [0.1, 0.15) is 92.4 Å². The minimum atomic E-state index is -0.606. The summed E-state index contributed by atoms with van der Waals surface area (Å²) < 4.78 is 0. The molecule has 2 fully saturated rings. The van der Waals surface area contributed by atoms with Crippen LogP contribution in [0.15, 0.2) is 12.2 Å². The van der Waals surface area contributed by atoms with Crippen molar-refractivity contribution < 1.29 is 14.7 Å². The lowest BCUT2D eigenvalue weighted by molar-refractivity contribution is -0.156. The second-order valence-electron chi connectivity index (χ2n) is 11.4. The Labute approximate surface area is 177 Å². The number of rotatable bonds is 7. The number of carboxylic acid groups (broad SMARTS) is 1. The Balaban J connectivity index is 1.79. The van der Waals surface area contributed by atoms with E-state index in [9.17, 15) is 14.7 Å². The lowest BCUT2D eigenvalue weighted by Crippen LogP contribution is -2.50. The monoisotopic (exact) mass is 402 g/mol. The molecule has 164 valence electrons. The highest BCUT2D eigenvalue weighted by Gasteiger charge is 2.59. The minimum Gasteiger partial charge on any atom is -0.481 e. The van der Waals surface area contributed by atoms with Gasteiger partial charge in [-0.15, -0.1) is 0 Å². The van der Waals surface area contributed by atoms with E-state index in [-0.39, 0.29) is 34.4 Å². The molecule has 0 aliphatic heterocycles.